The molecule has 1 aromatic carbocycles. The molecule has 0 amide bonds. The van der Waals surface area contributed by atoms with Gasteiger partial charge in [0.1, 0.15) is 0 Å². The predicted molar refractivity (Wildman–Crippen MR) is 50.6 cm³/mol. The molecule has 0 aromatic heterocycles. The lowest BCUT2D eigenvalue weighted by Gasteiger charge is -2.08. The second kappa shape index (κ2) is 2.21. The van der Waals surface area contributed by atoms with E-state index in [0.29, 0.717) is 0 Å². The van der Waals surface area contributed by atoms with Gasteiger partial charge in [0.25, 0.3) is 0 Å². The Morgan fingerprint density at radius 2 is 2.00 bits per heavy atom. The van der Waals surface area contributed by atoms with Crippen molar-refractivity contribution in [2.24, 2.45) is 0 Å². The number of allylic oxidation sites excluding steroid dienone is 2. The smallest absolute Gasteiger partial charge is 0.0285 e. The van der Waals surface area contributed by atoms with Crippen LogP contribution in [-0.4, -0.2) is 0 Å². The van der Waals surface area contributed by atoms with E-state index in [2.05, 4.69) is 59.3 Å². The van der Waals surface area contributed by atoms with Crippen LogP contribution in [0.15, 0.2) is 40.9 Å². The first-order chi connectivity index (χ1) is 5.21. The van der Waals surface area contributed by atoms with Gasteiger partial charge < -0.3 is 0 Å². The molecular formula is C10H9Br. The first-order valence-corrected chi connectivity index (χ1v) is 4.46. The highest BCUT2D eigenvalue weighted by Gasteiger charge is 2.29. The van der Waals surface area contributed by atoms with Gasteiger partial charge >= 0.3 is 0 Å². The molecule has 0 atom stereocenters. The largest absolute Gasteiger partial charge is 0.0733 e. The summed E-state index contributed by atoms with van der Waals surface area (Å²) in [5.74, 6) is 0. The minimum Gasteiger partial charge on any atom is -0.0733 e. The fourth-order valence-electron chi connectivity index (χ4n) is 1.14. The molecule has 0 heterocycles. The molecule has 0 unspecified atom stereocenters. The van der Waals surface area contributed by atoms with E-state index >= 15 is 0 Å². The maximum atomic E-state index is 3.45. The molecule has 1 heteroatoms. The van der Waals surface area contributed by atoms with E-state index < -0.39 is 0 Å². The van der Waals surface area contributed by atoms with Crippen LogP contribution in [0.4, 0.5) is 0 Å². The van der Waals surface area contributed by atoms with Gasteiger partial charge in [-0.15, -0.1) is 0 Å². The molecule has 0 N–H and O–H groups in total. The van der Waals surface area contributed by atoms with E-state index in [1.165, 1.54) is 5.56 Å². The highest BCUT2D eigenvalue weighted by Crippen LogP contribution is 2.38. The third kappa shape index (κ3) is 1.25. The van der Waals surface area contributed by atoms with Crippen molar-refractivity contribution in [3.63, 3.8) is 0 Å². The number of halogens is 1. The van der Waals surface area contributed by atoms with Crippen LogP contribution in [0.1, 0.15) is 12.5 Å². The van der Waals surface area contributed by atoms with Gasteiger partial charge in [-0.3, -0.25) is 0 Å². The lowest BCUT2D eigenvalue weighted by molar-refractivity contribution is 0.870. The summed E-state index contributed by atoms with van der Waals surface area (Å²) in [5.41, 5.74) is 1.62. The summed E-state index contributed by atoms with van der Waals surface area (Å²) in [5, 5.41) is 0. The molecule has 56 valence electrons. The Hall–Kier alpha value is -0.560. The Morgan fingerprint density at radius 3 is 2.55 bits per heavy atom. The van der Waals surface area contributed by atoms with Gasteiger partial charge in [0.2, 0.25) is 0 Å². The monoisotopic (exact) mass is 208 g/mol. The minimum atomic E-state index is 0.254. The van der Waals surface area contributed by atoms with Gasteiger partial charge in [-0.05, 0) is 24.6 Å². The first kappa shape index (κ1) is 7.11. The standard InChI is InChI=1S/C10H9Br/c1-10(5-6-10)8-3-2-4-9(11)7-8/h2-7H,1H3. The third-order valence-corrected chi connectivity index (χ3v) is 2.61. The van der Waals surface area contributed by atoms with Crippen LogP contribution in [0.3, 0.4) is 0 Å². The van der Waals surface area contributed by atoms with Gasteiger partial charge in [-0.2, -0.15) is 0 Å². The highest BCUT2D eigenvalue weighted by atomic mass is 79.9. The van der Waals surface area contributed by atoms with E-state index in [0.717, 1.165) is 4.47 Å². The van der Waals surface area contributed by atoms with Crippen molar-refractivity contribution in [3.05, 3.63) is 46.5 Å². The van der Waals surface area contributed by atoms with Crippen molar-refractivity contribution in [1.82, 2.24) is 0 Å². The summed E-state index contributed by atoms with van der Waals surface area (Å²) >= 11 is 3.45. The molecule has 1 aliphatic carbocycles. The molecule has 1 aliphatic rings. The van der Waals surface area contributed by atoms with E-state index in [9.17, 15) is 0 Å². The van der Waals surface area contributed by atoms with E-state index in [-0.39, 0.29) is 5.41 Å². The first-order valence-electron chi connectivity index (χ1n) is 3.67. The van der Waals surface area contributed by atoms with E-state index in [1.807, 2.05) is 0 Å². The molecule has 0 saturated carbocycles. The van der Waals surface area contributed by atoms with Gasteiger partial charge in [-0.1, -0.05) is 40.2 Å². The summed E-state index contributed by atoms with van der Waals surface area (Å²) in [6.07, 6.45) is 4.43. The van der Waals surface area contributed by atoms with Crippen molar-refractivity contribution in [2.45, 2.75) is 12.3 Å². The maximum Gasteiger partial charge on any atom is 0.0285 e. The summed E-state index contributed by atoms with van der Waals surface area (Å²) in [6.45, 7) is 2.22. The summed E-state index contributed by atoms with van der Waals surface area (Å²) in [4.78, 5) is 0. The number of hydrogen-bond donors (Lipinski definition) is 0. The average molecular weight is 209 g/mol. The molecule has 0 spiro atoms. The molecule has 0 bridgehead atoms. The number of benzene rings is 1. The predicted octanol–water partition coefficient (Wildman–Crippen LogP) is 3.28. The van der Waals surface area contributed by atoms with Gasteiger partial charge in [0.05, 0.1) is 0 Å². The Bertz CT molecular complexity index is 306. The van der Waals surface area contributed by atoms with Crippen LogP contribution in [0.2, 0.25) is 0 Å². The molecule has 1 aromatic rings. The van der Waals surface area contributed by atoms with Crippen LogP contribution in [0.5, 0.6) is 0 Å². The molecule has 2 rings (SSSR count). The SMILES string of the molecule is CC1(c2cccc(Br)c2)C=C1. The fourth-order valence-corrected chi connectivity index (χ4v) is 1.54. The van der Waals surface area contributed by atoms with E-state index in [1.54, 1.807) is 0 Å². The Kier molecular flexibility index (Phi) is 1.43. The zero-order valence-corrected chi connectivity index (χ0v) is 7.93. The Balaban J connectivity index is 2.39. The molecule has 0 fully saturated rings. The van der Waals surface area contributed by atoms with Crippen LogP contribution in [-0.2, 0) is 5.41 Å². The maximum absolute atomic E-state index is 3.45. The van der Waals surface area contributed by atoms with Crippen LogP contribution < -0.4 is 0 Å². The van der Waals surface area contributed by atoms with Crippen LogP contribution in [0.25, 0.3) is 0 Å². The Morgan fingerprint density at radius 1 is 1.27 bits per heavy atom. The normalized spacial score (nSPS) is 18.4. The lowest BCUT2D eigenvalue weighted by Crippen LogP contribution is -2.00. The number of rotatable bonds is 1. The zero-order valence-electron chi connectivity index (χ0n) is 6.34. The zero-order chi connectivity index (χ0) is 7.90. The second-order valence-electron chi connectivity index (χ2n) is 3.13. The molecule has 0 saturated heterocycles. The fraction of sp³-hybridized carbons (Fsp3) is 0.200. The molecular weight excluding hydrogens is 200 g/mol. The number of hydrogen-bond acceptors (Lipinski definition) is 0. The molecule has 0 nitrogen and oxygen atoms in total. The summed E-state index contributed by atoms with van der Waals surface area (Å²) in [6, 6.07) is 8.45. The van der Waals surface area contributed by atoms with Gasteiger partial charge in [0.15, 0.2) is 0 Å². The molecule has 0 radical (unpaired) electrons. The van der Waals surface area contributed by atoms with Crippen molar-refractivity contribution < 1.29 is 0 Å². The quantitative estimate of drug-likeness (QED) is 0.622. The third-order valence-electron chi connectivity index (χ3n) is 2.11. The molecule has 0 aliphatic heterocycles. The van der Waals surface area contributed by atoms with E-state index in [4.69, 9.17) is 0 Å². The topological polar surface area (TPSA) is 0 Å². The minimum absolute atomic E-state index is 0.254. The Labute approximate surface area is 75.1 Å². The summed E-state index contributed by atoms with van der Waals surface area (Å²) < 4.78 is 1.16. The van der Waals surface area contributed by atoms with Crippen LogP contribution in [0, 0.1) is 0 Å². The van der Waals surface area contributed by atoms with Gasteiger partial charge in [-0.25, -0.2) is 0 Å². The summed E-state index contributed by atoms with van der Waals surface area (Å²) in [7, 11) is 0. The lowest BCUT2D eigenvalue weighted by atomic mass is 9.96. The average Bonchev–Trinajstić information content (AvgIpc) is 2.70. The van der Waals surface area contributed by atoms with Crippen molar-refractivity contribution in [3.8, 4) is 0 Å². The van der Waals surface area contributed by atoms with Gasteiger partial charge in [0, 0.05) is 9.89 Å². The van der Waals surface area contributed by atoms with Crippen molar-refractivity contribution >= 4 is 15.9 Å². The second-order valence-corrected chi connectivity index (χ2v) is 4.04. The molecule has 11 heavy (non-hydrogen) atoms. The van der Waals surface area contributed by atoms with Crippen LogP contribution >= 0.6 is 15.9 Å². The van der Waals surface area contributed by atoms with Crippen molar-refractivity contribution in [2.75, 3.05) is 0 Å². The van der Waals surface area contributed by atoms with Crippen molar-refractivity contribution in [1.29, 1.82) is 0 Å². The highest BCUT2D eigenvalue weighted by molar-refractivity contribution is 9.10.